The molecule has 1 aromatic heterocycles. The molecule has 4 rings (SSSR count). The van der Waals surface area contributed by atoms with Crippen molar-refractivity contribution in [2.45, 2.75) is 18.6 Å². The monoisotopic (exact) mass is 316 g/mol. The number of pyridine rings is 1. The van der Waals surface area contributed by atoms with Gasteiger partial charge in [-0.3, -0.25) is 9.78 Å². The molecule has 0 bridgehead atoms. The molecule has 3 heterocycles. The van der Waals surface area contributed by atoms with Crippen molar-refractivity contribution in [1.82, 2.24) is 4.98 Å². The van der Waals surface area contributed by atoms with Gasteiger partial charge >= 0.3 is 0 Å². The molecule has 2 aromatic rings. The van der Waals surface area contributed by atoms with Gasteiger partial charge in [-0.1, -0.05) is 0 Å². The molecule has 1 spiro atoms. The number of nitrogens with zero attached hydrogens (tertiary/aromatic N) is 2. The highest BCUT2D eigenvalue weighted by molar-refractivity contribution is 6.00. The molecule has 0 atom stereocenters. The number of ether oxygens (including phenoxy) is 2. The van der Waals surface area contributed by atoms with Gasteiger partial charge in [0.1, 0.15) is 5.82 Å². The number of carbonyl (C=O) groups is 1. The number of benzene rings is 1. The Kier molecular flexibility index (Phi) is 3.50. The van der Waals surface area contributed by atoms with E-state index >= 15 is 0 Å². The predicted octanol–water partition coefficient (Wildman–Crippen LogP) is 2.53. The van der Waals surface area contributed by atoms with Crippen molar-refractivity contribution in [1.29, 1.82) is 0 Å². The second-order valence-corrected chi connectivity index (χ2v) is 5.94. The van der Waals surface area contributed by atoms with Crippen LogP contribution in [0.2, 0.25) is 0 Å². The van der Waals surface area contributed by atoms with Crippen LogP contribution in [-0.4, -0.2) is 43.4 Å². The smallest absolute Gasteiger partial charge is 0.171 e. The molecule has 0 saturated carbocycles. The SMILES string of the molecule is O=Cc1cnc2ccc(F)cc2c1N1CCC2(CC1)OCCO2. The summed E-state index contributed by atoms with van der Waals surface area (Å²) in [5.41, 5.74) is 1.91. The number of rotatable bonds is 2. The third-order valence-corrected chi connectivity index (χ3v) is 4.61. The first-order valence-corrected chi connectivity index (χ1v) is 7.77. The topological polar surface area (TPSA) is 51.7 Å². The Hall–Kier alpha value is -2.05. The lowest BCUT2D eigenvalue weighted by Crippen LogP contribution is -2.45. The van der Waals surface area contributed by atoms with E-state index in [2.05, 4.69) is 9.88 Å². The highest BCUT2D eigenvalue weighted by Gasteiger charge is 2.40. The molecule has 2 aliphatic heterocycles. The Bertz CT molecular complexity index is 749. The van der Waals surface area contributed by atoms with Crippen molar-refractivity contribution in [3.63, 3.8) is 0 Å². The first kappa shape index (κ1) is 14.5. The molecule has 0 radical (unpaired) electrons. The summed E-state index contributed by atoms with van der Waals surface area (Å²) in [7, 11) is 0. The number of anilines is 1. The van der Waals surface area contributed by atoms with Crippen molar-refractivity contribution in [3.05, 3.63) is 35.8 Å². The van der Waals surface area contributed by atoms with Gasteiger partial charge < -0.3 is 14.4 Å². The summed E-state index contributed by atoms with van der Waals surface area (Å²) in [6.07, 6.45) is 3.78. The first-order valence-electron chi connectivity index (χ1n) is 7.77. The van der Waals surface area contributed by atoms with Crippen LogP contribution in [0.15, 0.2) is 24.4 Å². The molecule has 2 aliphatic rings. The number of aromatic nitrogens is 1. The largest absolute Gasteiger partial charge is 0.370 e. The molecule has 120 valence electrons. The number of fused-ring (bicyclic) bond motifs is 1. The van der Waals surface area contributed by atoms with Crippen LogP contribution >= 0.6 is 0 Å². The normalized spacial score (nSPS) is 20.3. The van der Waals surface area contributed by atoms with E-state index in [1.165, 1.54) is 12.1 Å². The fraction of sp³-hybridized carbons (Fsp3) is 0.412. The summed E-state index contributed by atoms with van der Waals surface area (Å²) in [5.74, 6) is -0.814. The van der Waals surface area contributed by atoms with E-state index in [0.29, 0.717) is 42.8 Å². The quantitative estimate of drug-likeness (QED) is 0.797. The van der Waals surface area contributed by atoms with E-state index in [1.54, 1.807) is 12.3 Å². The van der Waals surface area contributed by atoms with Crippen LogP contribution in [0.3, 0.4) is 0 Å². The molecule has 2 saturated heterocycles. The number of carbonyl (C=O) groups excluding carboxylic acids is 1. The van der Waals surface area contributed by atoms with E-state index in [-0.39, 0.29) is 5.82 Å². The Morgan fingerprint density at radius 1 is 1.22 bits per heavy atom. The zero-order chi connectivity index (χ0) is 15.9. The molecule has 23 heavy (non-hydrogen) atoms. The molecular formula is C17H17FN2O3. The summed E-state index contributed by atoms with van der Waals surface area (Å²) < 4.78 is 25.2. The van der Waals surface area contributed by atoms with Crippen LogP contribution in [-0.2, 0) is 9.47 Å². The molecule has 5 nitrogen and oxygen atoms in total. The molecule has 6 heteroatoms. The maximum atomic E-state index is 13.7. The average molecular weight is 316 g/mol. The van der Waals surface area contributed by atoms with Gasteiger partial charge in [-0.05, 0) is 18.2 Å². The maximum absolute atomic E-state index is 13.7. The summed E-state index contributed by atoms with van der Waals surface area (Å²) in [4.78, 5) is 17.8. The number of halogens is 1. The molecule has 2 fully saturated rings. The van der Waals surface area contributed by atoms with Gasteiger partial charge in [0.25, 0.3) is 0 Å². The van der Waals surface area contributed by atoms with Crippen LogP contribution in [0, 0.1) is 5.82 Å². The summed E-state index contributed by atoms with van der Waals surface area (Å²) in [6, 6.07) is 4.46. The van der Waals surface area contributed by atoms with Gasteiger partial charge in [0, 0.05) is 37.5 Å². The number of hydrogen-bond acceptors (Lipinski definition) is 5. The van der Waals surface area contributed by atoms with Gasteiger partial charge in [0.05, 0.1) is 30.0 Å². The number of piperidine rings is 1. The molecule has 0 aliphatic carbocycles. The number of aldehydes is 1. The van der Waals surface area contributed by atoms with Crippen LogP contribution in [0.1, 0.15) is 23.2 Å². The predicted molar refractivity (Wildman–Crippen MR) is 83.2 cm³/mol. The highest BCUT2D eigenvalue weighted by atomic mass is 19.1. The Labute approximate surface area is 133 Å². The van der Waals surface area contributed by atoms with E-state index in [9.17, 15) is 9.18 Å². The minimum Gasteiger partial charge on any atom is -0.370 e. The van der Waals surface area contributed by atoms with Crippen LogP contribution in [0.25, 0.3) is 10.9 Å². The fourth-order valence-corrected chi connectivity index (χ4v) is 3.46. The van der Waals surface area contributed by atoms with Crippen molar-refractivity contribution >= 4 is 22.9 Å². The Morgan fingerprint density at radius 3 is 2.65 bits per heavy atom. The molecule has 1 aromatic carbocycles. The van der Waals surface area contributed by atoms with E-state index in [4.69, 9.17) is 9.47 Å². The third-order valence-electron chi connectivity index (χ3n) is 4.61. The maximum Gasteiger partial charge on any atom is 0.171 e. The second kappa shape index (κ2) is 5.54. The van der Waals surface area contributed by atoms with Gasteiger partial charge in [-0.2, -0.15) is 0 Å². The van der Waals surface area contributed by atoms with Crippen molar-refractivity contribution < 1.29 is 18.7 Å². The average Bonchev–Trinajstić information content (AvgIpc) is 3.03. The zero-order valence-electron chi connectivity index (χ0n) is 12.6. The molecular weight excluding hydrogens is 299 g/mol. The summed E-state index contributed by atoms with van der Waals surface area (Å²) >= 11 is 0. The van der Waals surface area contributed by atoms with E-state index in [1.807, 2.05) is 0 Å². The first-order chi connectivity index (χ1) is 11.2. The zero-order valence-corrected chi connectivity index (χ0v) is 12.6. The second-order valence-electron chi connectivity index (χ2n) is 5.94. The summed E-state index contributed by atoms with van der Waals surface area (Å²) in [6.45, 7) is 2.64. The number of hydrogen-bond donors (Lipinski definition) is 0. The van der Waals surface area contributed by atoms with Crippen molar-refractivity contribution in [2.75, 3.05) is 31.2 Å². The minimum atomic E-state index is -0.480. The molecule has 0 amide bonds. The molecule has 0 N–H and O–H groups in total. The van der Waals surface area contributed by atoms with Crippen LogP contribution in [0.5, 0.6) is 0 Å². The lowest BCUT2D eigenvalue weighted by molar-refractivity contribution is -0.169. The van der Waals surface area contributed by atoms with Gasteiger partial charge in [0.2, 0.25) is 0 Å². The van der Waals surface area contributed by atoms with Crippen molar-refractivity contribution in [3.8, 4) is 0 Å². The van der Waals surface area contributed by atoms with Crippen molar-refractivity contribution in [2.24, 2.45) is 0 Å². The highest BCUT2D eigenvalue weighted by Crippen LogP contribution is 2.36. The Morgan fingerprint density at radius 2 is 1.96 bits per heavy atom. The standard InChI is InChI=1S/C17H17FN2O3/c18-13-1-2-15-14(9-13)16(12(11-21)10-19-15)20-5-3-17(4-6-20)22-7-8-23-17/h1-2,9-11H,3-8H2. The van der Waals surface area contributed by atoms with E-state index in [0.717, 1.165) is 24.8 Å². The fourth-order valence-electron chi connectivity index (χ4n) is 3.46. The molecule has 0 unspecified atom stereocenters. The third kappa shape index (κ3) is 2.48. The summed E-state index contributed by atoms with van der Waals surface area (Å²) in [5, 5.41) is 0.666. The lowest BCUT2D eigenvalue weighted by atomic mass is 10.0. The van der Waals surface area contributed by atoms with Crippen LogP contribution in [0.4, 0.5) is 10.1 Å². The van der Waals surface area contributed by atoms with Gasteiger partial charge in [-0.15, -0.1) is 0 Å². The minimum absolute atomic E-state index is 0.334. The van der Waals surface area contributed by atoms with E-state index < -0.39 is 5.79 Å². The lowest BCUT2D eigenvalue weighted by Gasteiger charge is -2.39. The van der Waals surface area contributed by atoms with Gasteiger partial charge in [-0.25, -0.2) is 4.39 Å². The van der Waals surface area contributed by atoms with Gasteiger partial charge in [0.15, 0.2) is 12.1 Å². The van der Waals surface area contributed by atoms with Crippen LogP contribution < -0.4 is 4.90 Å². The Balaban J connectivity index is 1.73.